The van der Waals surface area contributed by atoms with E-state index in [0.29, 0.717) is 6.04 Å². The van der Waals surface area contributed by atoms with Crippen LogP contribution in [0.15, 0.2) is 28.1 Å². The molecule has 0 fully saturated rings. The van der Waals surface area contributed by atoms with Crippen LogP contribution in [0.25, 0.3) is 0 Å². The molecule has 1 aromatic heterocycles. The van der Waals surface area contributed by atoms with Crippen LogP contribution < -0.4 is 5.32 Å². The van der Waals surface area contributed by atoms with E-state index in [-0.39, 0.29) is 0 Å². The van der Waals surface area contributed by atoms with Gasteiger partial charge in [-0.05, 0) is 48.3 Å². The second-order valence-electron chi connectivity index (χ2n) is 3.84. The summed E-state index contributed by atoms with van der Waals surface area (Å²) in [7, 11) is 0. The summed E-state index contributed by atoms with van der Waals surface area (Å²) in [6.45, 7) is 9.33. The minimum atomic E-state index is 0.429. The molecule has 84 valence electrons. The first-order chi connectivity index (χ1) is 7.13. The van der Waals surface area contributed by atoms with E-state index in [4.69, 9.17) is 0 Å². The van der Waals surface area contributed by atoms with Crippen molar-refractivity contribution in [2.45, 2.75) is 32.7 Å². The Morgan fingerprint density at radius 1 is 1.67 bits per heavy atom. The van der Waals surface area contributed by atoms with Crippen molar-refractivity contribution in [3.8, 4) is 0 Å². The molecular weight excluding hydrogens is 270 g/mol. The van der Waals surface area contributed by atoms with Gasteiger partial charge in [-0.1, -0.05) is 12.5 Å². The van der Waals surface area contributed by atoms with Gasteiger partial charge in [0.25, 0.3) is 0 Å². The van der Waals surface area contributed by atoms with Crippen LogP contribution in [0.4, 0.5) is 0 Å². The molecule has 1 rings (SSSR count). The molecule has 0 aliphatic heterocycles. The zero-order valence-electron chi connectivity index (χ0n) is 9.35. The predicted octanol–water partition coefficient (Wildman–Crippen LogP) is 4.52. The molecule has 15 heavy (non-hydrogen) atoms. The predicted molar refractivity (Wildman–Crippen MR) is 72.5 cm³/mol. The lowest BCUT2D eigenvalue weighted by Crippen LogP contribution is -2.21. The summed E-state index contributed by atoms with van der Waals surface area (Å²) in [5.74, 6) is 0. The van der Waals surface area contributed by atoms with Gasteiger partial charge in [-0.2, -0.15) is 0 Å². The normalized spacial score (nSPS) is 12.7. The van der Waals surface area contributed by atoms with Gasteiger partial charge in [-0.25, -0.2) is 0 Å². The average Bonchev–Trinajstić information content (AvgIpc) is 2.58. The average molecular weight is 288 g/mol. The summed E-state index contributed by atoms with van der Waals surface area (Å²) in [5.41, 5.74) is 1.23. The Labute approximate surface area is 105 Å². The molecule has 0 spiro atoms. The van der Waals surface area contributed by atoms with Crippen LogP contribution in [-0.4, -0.2) is 6.54 Å². The van der Waals surface area contributed by atoms with Crippen molar-refractivity contribution in [1.29, 1.82) is 0 Å². The number of hydrogen-bond acceptors (Lipinski definition) is 2. The summed E-state index contributed by atoms with van der Waals surface area (Å²) < 4.78 is 1.17. The van der Waals surface area contributed by atoms with Crippen molar-refractivity contribution >= 4 is 27.3 Å². The Hall–Kier alpha value is -0.120. The highest BCUT2D eigenvalue weighted by atomic mass is 79.9. The molecule has 0 bridgehead atoms. The molecule has 0 aliphatic rings. The highest BCUT2D eigenvalue weighted by Gasteiger charge is 2.12. The second kappa shape index (κ2) is 6.46. The van der Waals surface area contributed by atoms with Crippen molar-refractivity contribution in [3.05, 3.63) is 32.9 Å². The van der Waals surface area contributed by atoms with Crippen molar-refractivity contribution in [1.82, 2.24) is 5.32 Å². The molecule has 0 saturated heterocycles. The van der Waals surface area contributed by atoms with Gasteiger partial charge < -0.3 is 5.32 Å². The largest absolute Gasteiger partial charge is 0.309 e. The van der Waals surface area contributed by atoms with Crippen molar-refractivity contribution in [2.24, 2.45) is 0 Å². The van der Waals surface area contributed by atoms with E-state index in [1.54, 1.807) is 11.3 Å². The van der Waals surface area contributed by atoms with E-state index in [2.05, 4.69) is 53.1 Å². The number of thiophene rings is 1. The fourth-order valence-electron chi connectivity index (χ4n) is 1.45. The first kappa shape index (κ1) is 12.9. The molecule has 0 aromatic carbocycles. The van der Waals surface area contributed by atoms with Crippen LogP contribution in [0.5, 0.6) is 0 Å². The van der Waals surface area contributed by atoms with E-state index in [1.165, 1.54) is 21.3 Å². The number of hydrogen-bond donors (Lipinski definition) is 1. The monoisotopic (exact) mass is 287 g/mol. The lowest BCUT2D eigenvalue weighted by molar-refractivity contribution is 0.535. The van der Waals surface area contributed by atoms with E-state index in [1.807, 2.05) is 0 Å². The van der Waals surface area contributed by atoms with Gasteiger partial charge in [0, 0.05) is 20.8 Å². The smallest absolute Gasteiger partial charge is 0.0452 e. The van der Waals surface area contributed by atoms with E-state index < -0.39 is 0 Å². The molecule has 1 aromatic rings. The van der Waals surface area contributed by atoms with Gasteiger partial charge in [0.15, 0.2) is 0 Å². The van der Waals surface area contributed by atoms with Gasteiger partial charge in [-0.3, -0.25) is 0 Å². The Kier molecular flexibility index (Phi) is 5.58. The lowest BCUT2D eigenvalue weighted by Gasteiger charge is -2.16. The molecule has 1 nitrogen and oxygen atoms in total. The summed E-state index contributed by atoms with van der Waals surface area (Å²) >= 11 is 5.29. The lowest BCUT2D eigenvalue weighted by atomic mass is 10.1. The van der Waals surface area contributed by atoms with Crippen LogP contribution in [0.2, 0.25) is 0 Å². The first-order valence-electron chi connectivity index (χ1n) is 5.25. The van der Waals surface area contributed by atoms with Gasteiger partial charge in [0.1, 0.15) is 0 Å². The maximum atomic E-state index is 3.99. The minimum absolute atomic E-state index is 0.429. The standard InChI is InChI=1S/C12H18BrNS/c1-4-5-14-11(6-9(2)3)12-7-10(13)8-15-12/h7-8,11,14H,2,4-6H2,1,3H3. The van der Waals surface area contributed by atoms with E-state index in [9.17, 15) is 0 Å². The zero-order chi connectivity index (χ0) is 11.3. The molecular formula is C12H18BrNS. The molecule has 0 saturated carbocycles. The Morgan fingerprint density at radius 3 is 2.87 bits per heavy atom. The van der Waals surface area contributed by atoms with Crippen LogP contribution in [-0.2, 0) is 0 Å². The molecule has 0 amide bonds. The number of rotatable bonds is 6. The van der Waals surface area contributed by atoms with Gasteiger partial charge >= 0.3 is 0 Å². The molecule has 1 N–H and O–H groups in total. The Balaban J connectivity index is 2.66. The Morgan fingerprint density at radius 2 is 2.40 bits per heavy atom. The first-order valence-corrected chi connectivity index (χ1v) is 6.92. The third kappa shape index (κ3) is 4.49. The fourth-order valence-corrected chi connectivity index (χ4v) is 2.97. The zero-order valence-corrected chi connectivity index (χ0v) is 11.7. The second-order valence-corrected chi connectivity index (χ2v) is 5.69. The summed E-state index contributed by atoms with van der Waals surface area (Å²) in [6.07, 6.45) is 2.19. The van der Waals surface area contributed by atoms with Crippen molar-refractivity contribution < 1.29 is 0 Å². The highest BCUT2D eigenvalue weighted by Crippen LogP contribution is 2.29. The van der Waals surface area contributed by atoms with Crippen molar-refractivity contribution in [2.75, 3.05) is 6.54 Å². The minimum Gasteiger partial charge on any atom is -0.309 e. The molecule has 3 heteroatoms. The van der Waals surface area contributed by atoms with Crippen LogP contribution in [0.1, 0.15) is 37.6 Å². The van der Waals surface area contributed by atoms with E-state index in [0.717, 1.165) is 13.0 Å². The van der Waals surface area contributed by atoms with Crippen LogP contribution >= 0.6 is 27.3 Å². The molecule has 0 aliphatic carbocycles. The fraction of sp³-hybridized carbons (Fsp3) is 0.500. The topological polar surface area (TPSA) is 12.0 Å². The quantitative estimate of drug-likeness (QED) is 0.759. The maximum Gasteiger partial charge on any atom is 0.0452 e. The third-order valence-electron chi connectivity index (χ3n) is 2.12. The molecule has 1 unspecified atom stereocenters. The van der Waals surface area contributed by atoms with Gasteiger partial charge in [-0.15, -0.1) is 17.9 Å². The van der Waals surface area contributed by atoms with Crippen molar-refractivity contribution in [3.63, 3.8) is 0 Å². The SMILES string of the molecule is C=C(C)CC(NCCC)c1cc(Br)cs1. The van der Waals surface area contributed by atoms with Crippen LogP contribution in [0.3, 0.4) is 0 Å². The van der Waals surface area contributed by atoms with Gasteiger partial charge in [0.2, 0.25) is 0 Å². The van der Waals surface area contributed by atoms with Crippen LogP contribution in [0, 0.1) is 0 Å². The number of halogens is 1. The summed E-state index contributed by atoms with van der Waals surface area (Å²) in [5, 5.41) is 5.69. The Bertz CT molecular complexity index is 319. The highest BCUT2D eigenvalue weighted by molar-refractivity contribution is 9.10. The number of nitrogens with one attached hydrogen (secondary N) is 1. The molecule has 0 radical (unpaired) electrons. The summed E-state index contributed by atoms with van der Waals surface area (Å²) in [6, 6.07) is 2.62. The third-order valence-corrected chi connectivity index (χ3v) is 3.93. The maximum absolute atomic E-state index is 3.99. The molecule has 1 heterocycles. The molecule has 1 atom stereocenters. The summed E-state index contributed by atoms with van der Waals surface area (Å²) in [4.78, 5) is 1.39. The van der Waals surface area contributed by atoms with E-state index >= 15 is 0 Å². The van der Waals surface area contributed by atoms with Gasteiger partial charge in [0.05, 0.1) is 0 Å².